The van der Waals surface area contributed by atoms with Crippen LogP contribution in [0.1, 0.15) is 38.7 Å². The van der Waals surface area contributed by atoms with E-state index in [0.29, 0.717) is 12.5 Å². The second-order valence-electron chi connectivity index (χ2n) is 5.03. The molecule has 0 fully saturated rings. The molecule has 0 aliphatic heterocycles. The first-order chi connectivity index (χ1) is 10.8. The van der Waals surface area contributed by atoms with Gasteiger partial charge in [0.1, 0.15) is 5.75 Å². The van der Waals surface area contributed by atoms with Crippen LogP contribution >= 0.6 is 24.0 Å². The first-order valence-electron chi connectivity index (χ1n) is 8.09. The minimum absolute atomic E-state index is 0. The third-order valence-electron chi connectivity index (χ3n) is 3.07. The Hall–Kier alpha value is -1.02. The Morgan fingerprint density at radius 3 is 2.78 bits per heavy atom. The lowest BCUT2D eigenvalue weighted by Crippen LogP contribution is -2.32. The number of ether oxygens (including phenoxy) is 2. The maximum Gasteiger partial charge on any atom is 0.188 e. The molecule has 6 heteroatoms. The topological polar surface area (TPSA) is 68.9 Å². The van der Waals surface area contributed by atoms with E-state index in [1.54, 1.807) is 0 Å². The molecule has 1 aromatic carbocycles. The van der Waals surface area contributed by atoms with Crippen molar-refractivity contribution in [2.24, 2.45) is 10.7 Å². The van der Waals surface area contributed by atoms with Crippen LogP contribution in [0.25, 0.3) is 0 Å². The zero-order chi connectivity index (χ0) is 16.0. The summed E-state index contributed by atoms with van der Waals surface area (Å²) in [6.07, 6.45) is 3.13. The van der Waals surface area contributed by atoms with E-state index in [0.717, 1.165) is 56.9 Å². The average Bonchev–Trinajstić information content (AvgIpc) is 2.53. The van der Waals surface area contributed by atoms with Crippen LogP contribution in [-0.2, 0) is 11.3 Å². The highest BCUT2D eigenvalue weighted by Crippen LogP contribution is 2.14. The molecule has 0 spiro atoms. The summed E-state index contributed by atoms with van der Waals surface area (Å²) in [6.45, 7) is 7.72. The molecule has 0 unspecified atom stereocenters. The van der Waals surface area contributed by atoms with Gasteiger partial charge in [-0.3, -0.25) is 0 Å². The predicted molar refractivity (Wildman–Crippen MR) is 107 cm³/mol. The lowest BCUT2D eigenvalue weighted by molar-refractivity contribution is 0.145. The zero-order valence-electron chi connectivity index (χ0n) is 14.2. The largest absolute Gasteiger partial charge is 0.494 e. The van der Waals surface area contributed by atoms with E-state index in [9.17, 15) is 0 Å². The molecule has 0 aromatic heterocycles. The van der Waals surface area contributed by atoms with Gasteiger partial charge in [-0.25, -0.2) is 4.99 Å². The van der Waals surface area contributed by atoms with Gasteiger partial charge in [-0.1, -0.05) is 25.5 Å². The number of aliphatic imine (C=N–C) groups is 1. The van der Waals surface area contributed by atoms with Crippen molar-refractivity contribution in [3.8, 4) is 5.75 Å². The third kappa shape index (κ3) is 11.2. The van der Waals surface area contributed by atoms with Crippen molar-refractivity contribution in [3.63, 3.8) is 0 Å². The Kier molecular flexibility index (Phi) is 13.9. The molecule has 0 saturated carbocycles. The first kappa shape index (κ1) is 22.0. The maximum atomic E-state index is 5.84. The number of unbranched alkanes of at least 4 members (excludes halogenated alkanes) is 1. The Balaban J connectivity index is 0.00000484. The number of rotatable bonds is 11. The fourth-order valence-corrected chi connectivity index (χ4v) is 1.84. The van der Waals surface area contributed by atoms with Crippen LogP contribution in [0.3, 0.4) is 0 Å². The zero-order valence-corrected chi connectivity index (χ0v) is 16.5. The molecule has 23 heavy (non-hydrogen) atoms. The van der Waals surface area contributed by atoms with Gasteiger partial charge in [-0.15, -0.1) is 24.0 Å². The number of nitrogens with zero attached hydrogens (tertiary/aromatic N) is 1. The van der Waals surface area contributed by atoms with E-state index in [-0.39, 0.29) is 24.0 Å². The molecular formula is C17H30IN3O2. The van der Waals surface area contributed by atoms with Crippen LogP contribution in [0.5, 0.6) is 5.75 Å². The highest BCUT2D eigenvalue weighted by Gasteiger charge is 1.98. The SMILES string of the molecule is CCCCOc1cccc(CN=C(N)NCCCOCC)c1.I. The summed E-state index contributed by atoms with van der Waals surface area (Å²) in [5, 5.41) is 3.08. The van der Waals surface area contributed by atoms with Gasteiger partial charge in [0.25, 0.3) is 0 Å². The molecule has 0 aliphatic rings. The van der Waals surface area contributed by atoms with Gasteiger partial charge in [-0.05, 0) is 37.5 Å². The van der Waals surface area contributed by atoms with Gasteiger partial charge in [0.15, 0.2) is 5.96 Å². The van der Waals surface area contributed by atoms with Gasteiger partial charge in [0.2, 0.25) is 0 Å². The van der Waals surface area contributed by atoms with Crippen molar-refractivity contribution < 1.29 is 9.47 Å². The molecule has 0 radical (unpaired) electrons. The van der Waals surface area contributed by atoms with Crippen molar-refractivity contribution >= 4 is 29.9 Å². The molecule has 132 valence electrons. The minimum Gasteiger partial charge on any atom is -0.494 e. The molecule has 1 aromatic rings. The van der Waals surface area contributed by atoms with Crippen LogP contribution in [0.4, 0.5) is 0 Å². The van der Waals surface area contributed by atoms with Crippen molar-refractivity contribution in [2.45, 2.75) is 39.7 Å². The van der Waals surface area contributed by atoms with Crippen LogP contribution in [-0.4, -0.2) is 32.3 Å². The quantitative estimate of drug-likeness (QED) is 0.242. The van der Waals surface area contributed by atoms with E-state index >= 15 is 0 Å². The number of benzene rings is 1. The number of halogens is 1. The summed E-state index contributed by atoms with van der Waals surface area (Å²) in [5.74, 6) is 1.36. The standard InChI is InChI=1S/C17H29N3O2.HI/c1-3-5-12-22-16-9-6-8-15(13-16)14-20-17(18)19-10-7-11-21-4-2;/h6,8-9,13H,3-5,7,10-12,14H2,1-2H3,(H3,18,19,20);1H. The fourth-order valence-electron chi connectivity index (χ4n) is 1.84. The van der Waals surface area contributed by atoms with Gasteiger partial charge in [-0.2, -0.15) is 0 Å². The van der Waals surface area contributed by atoms with Crippen LogP contribution in [0.2, 0.25) is 0 Å². The number of guanidine groups is 1. The van der Waals surface area contributed by atoms with Crippen molar-refractivity contribution in [3.05, 3.63) is 29.8 Å². The van der Waals surface area contributed by atoms with Crippen LogP contribution in [0.15, 0.2) is 29.3 Å². The van der Waals surface area contributed by atoms with Crippen LogP contribution < -0.4 is 15.8 Å². The number of hydrogen-bond acceptors (Lipinski definition) is 3. The summed E-state index contributed by atoms with van der Waals surface area (Å²) in [7, 11) is 0. The lowest BCUT2D eigenvalue weighted by Gasteiger charge is -2.08. The normalized spacial score (nSPS) is 11.0. The number of hydrogen-bond donors (Lipinski definition) is 2. The molecule has 0 aliphatic carbocycles. The Labute approximate surface area is 157 Å². The Morgan fingerprint density at radius 1 is 1.22 bits per heavy atom. The van der Waals surface area contributed by atoms with E-state index < -0.39 is 0 Å². The third-order valence-corrected chi connectivity index (χ3v) is 3.07. The van der Waals surface area contributed by atoms with Gasteiger partial charge < -0.3 is 20.5 Å². The maximum absolute atomic E-state index is 5.84. The summed E-state index contributed by atoms with van der Waals surface area (Å²) < 4.78 is 11.0. The average molecular weight is 435 g/mol. The lowest BCUT2D eigenvalue weighted by atomic mass is 10.2. The Bertz CT molecular complexity index is 442. The first-order valence-corrected chi connectivity index (χ1v) is 8.09. The molecule has 0 heterocycles. The van der Waals surface area contributed by atoms with Crippen LogP contribution in [0, 0.1) is 0 Å². The van der Waals surface area contributed by atoms with E-state index in [2.05, 4.69) is 17.2 Å². The second kappa shape index (κ2) is 14.6. The molecular weight excluding hydrogens is 405 g/mol. The second-order valence-corrected chi connectivity index (χ2v) is 5.03. The molecule has 1 rings (SSSR count). The number of nitrogens with two attached hydrogens (primary N) is 1. The summed E-state index contributed by atoms with van der Waals surface area (Å²) in [6, 6.07) is 8.00. The smallest absolute Gasteiger partial charge is 0.188 e. The fraction of sp³-hybridized carbons (Fsp3) is 0.588. The molecule has 3 N–H and O–H groups in total. The van der Waals surface area contributed by atoms with Crippen molar-refractivity contribution in [2.75, 3.05) is 26.4 Å². The molecule has 0 saturated heterocycles. The van der Waals surface area contributed by atoms with E-state index in [4.69, 9.17) is 15.2 Å². The molecule has 0 amide bonds. The van der Waals surface area contributed by atoms with Gasteiger partial charge in [0.05, 0.1) is 13.2 Å². The monoisotopic (exact) mass is 435 g/mol. The molecule has 0 atom stereocenters. The minimum atomic E-state index is 0. The van der Waals surface area contributed by atoms with E-state index in [1.807, 2.05) is 31.2 Å². The summed E-state index contributed by atoms with van der Waals surface area (Å²) in [4.78, 5) is 4.34. The molecule has 0 bridgehead atoms. The Morgan fingerprint density at radius 2 is 2.04 bits per heavy atom. The highest BCUT2D eigenvalue weighted by molar-refractivity contribution is 14.0. The molecule has 5 nitrogen and oxygen atoms in total. The number of nitrogens with one attached hydrogen (secondary N) is 1. The van der Waals surface area contributed by atoms with Gasteiger partial charge >= 0.3 is 0 Å². The summed E-state index contributed by atoms with van der Waals surface area (Å²) in [5.41, 5.74) is 6.93. The van der Waals surface area contributed by atoms with Crippen molar-refractivity contribution in [1.29, 1.82) is 0 Å². The van der Waals surface area contributed by atoms with Crippen molar-refractivity contribution in [1.82, 2.24) is 5.32 Å². The predicted octanol–water partition coefficient (Wildman–Crippen LogP) is 3.31. The summed E-state index contributed by atoms with van der Waals surface area (Å²) >= 11 is 0. The highest BCUT2D eigenvalue weighted by atomic mass is 127. The van der Waals surface area contributed by atoms with E-state index in [1.165, 1.54) is 0 Å². The van der Waals surface area contributed by atoms with Gasteiger partial charge in [0, 0.05) is 19.8 Å².